The molecule has 0 radical (unpaired) electrons. The molecule has 1 saturated heterocycles. The normalized spacial score (nSPS) is 14.9. The van der Waals surface area contributed by atoms with Crippen LogP contribution in [0.25, 0.3) is 11.0 Å². The molecule has 6 heteroatoms. The van der Waals surface area contributed by atoms with Gasteiger partial charge in [-0.1, -0.05) is 11.6 Å². The van der Waals surface area contributed by atoms with Crippen molar-refractivity contribution in [2.24, 2.45) is 7.05 Å². The molecule has 1 fully saturated rings. The van der Waals surface area contributed by atoms with E-state index in [2.05, 4.69) is 28.0 Å². The van der Waals surface area contributed by atoms with Crippen LogP contribution in [0.4, 0.5) is 0 Å². The quantitative estimate of drug-likeness (QED) is 0.876. The number of rotatable bonds is 1. The first-order chi connectivity index (χ1) is 7.25. The van der Waals surface area contributed by atoms with Crippen molar-refractivity contribution in [1.29, 1.82) is 0 Å². The fourth-order valence-corrected chi connectivity index (χ4v) is 2.27. The summed E-state index contributed by atoms with van der Waals surface area (Å²) in [6.45, 7) is 2.13. The van der Waals surface area contributed by atoms with Gasteiger partial charge in [0.15, 0.2) is 0 Å². The molecule has 0 aliphatic carbocycles. The molecule has 2 aromatic rings. The van der Waals surface area contributed by atoms with Gasteiger partial charge in [0.05, 0.1) is 5.02 Å². The minimum absolute atomic E-state index is 0. The molecule has 0 spiro atoms. The van der Waals surface area contributed by atoms with Crippen molar-refractivity contribution in [3.8, 4) is 0 Å². The van der Waals surface area contributed by atoms with E-state index < -0.39 is 0 Å². The molecule has 3 nitrogen and oxygen atoms in total. The van der Waals surface area contributed by atoms with Gasteiger partial charge in [-0.25, -0.2) is 4.98 Å². The minimum Gasteiger partial charge on any atom is -0.332 e. The van der Waals surface area contributed by atoms with Crippen molar-refractivity contribution >= 4 is 47.4 Å². The van der Waals surface area contributed by atoms with E-state index in [0.29, 0.717) is 10.9 Å². The van der Waals surface area contributed by atoms with Crippen LogP contribution in [-0.2, 0) is 7.05 Å². The fraction of sp³-hybridized carbons (Fsp3) is 0.364. The molecular weight excluding hydrogens is 281 g/mol. The molecule has 17 heavy (non-hydrogen) atoms. The predicted octanol–water partition coefficient (Wildman–Crippen LogP) is 2.76. The van der Waals surface area contributed by atoms with Crippen LogP contribution in [0.5, 0.6) is 0 Å². The Labute approximate surface area is 117 Å². The van der Waals surface area contributed by atoms with Gasteiger partial charge in [-0.05, 0) is 12.1 Å². The summed E-state index contributed by atoms with van der Waals surface area (Å²) in [6, 6.07) is 4.17. The lowest BCUT2D eigenvalue weighted by molar-refractivity contribution is 0.432. The summed E-state index contributed by atoms with van der Waals surface area (Å²) >= 11 is 5.92. The third-order valence-corrected chi connectivity index (χ3v) is 3.28. The molecule has 3 heterocycles. The number of aromatic nitrogens is 2. The first-order valence-electron chi connectivity index (χ1n) is 5.07. The Hall–Kier alpha value is -0.480. The SMILES string of the molecule is Cl.Cl.Cn1c(C2CNC2)cc2cc(Cl)cnc21. The number of fused-ring (bicyclic) bond motifs is 1. The average molecular weight is 295 g/mol. The maximum Gasteiger partial charge on any atom is 0.139 e. The van der Waals surface area contributed by atoms with Crippen LogP contribution in [0.3, 0.4) is 0 Å². The first kappa shape index (κ1) is 14.6. The molecule has 3 rings (SSSR count). The standard InChI is InChI=1S/C11H12ClN3.2ClH/c1-15-10(8-4-13-5-8)3-7-2-9(12)6-14-11(7)15;;/h2-3,6,8,13H,4-5H2,1H3;2*1H. The second kappa shape index (κ2) is 5.44. The monoisotopic (exact) mass is 293 g/mol. The molecular formula is C11H14Cl3N3. The summed E-state index contributed by atoms with van der Waals surface area (Å²) in [6.07, 6.45) is 1.70. The van der Waals surface area contributed by atoms with E-state index >= 15 is 0 Å². The second-order valence-electron chi connectivity index (χ2n) is 4.05. The number of hydrogen-bond acceptors (Lipinski definition) is 2. The van der Waals surface area contributed by atoms with Crippen LogP contribution < -0.4 is 5.32 Å². The molecule has 0 amide bonds. The highest BCUT2D eigenvalue weighted by Crippen LogP contribution is 2.27. The number of pyridine rings is 1. The Morgan fingerprint density at radius 1 is 1.35 bits per heavy atom. The highest BCUT2D eigenvalue weighted by molar-refractivity contribution is 6.31. The largest absolute Gasteiger partial charge is 0.332 e. The fourth-order valence-electron chi connectivity index (χ4n) is 2.10. The van der Waals surface area contributed by atoms with Crippen molar-refractivity contribution in [2.75, 3.05) is 13.1 Å². The number of halogens is 3. The van der Waals surface area contributed by atoms with E-state index in [0.717, 1.165) is 24.1 Å². The molecule has 0 saturated carbocycles. The zero-order valence-corrected chi connectivity index (χ0v) is 11.7. The summed E-state index contributed by atoms with van der Waals surface area (Å²) in [7, 11) is 2.07. The van der Waals surface area contributed by atoms with Gasteiger partial charge in [0.25, 0.3) is 0 Å². The van der Waals surface area contributed by atoms with Crippen LogP contribution in [0.1, 0.15) is 11.6 Å². The van der Waals surface area contributed by atoms with Gasteiger partial charge in [0, 0.05) is 43.3 Å². The van der Waals surface area contributed by atoms with E-state index in [4.69, 9.17) is 11.6 Å². The number of nitrogens with zero attached hydrogens (tertiary/aromatic N) is 2. The smallest absolute Gasteiger partial charge is 0.139 e. The summed E-state index contributed by atoms with van der Waals surface area (Å²) in [4.78, 5) is 4.35. The zero-order chi connectivity index (χ0) is 10.4. The number of nitrogens with one attached hydrogen (secondary N) is 1. The third-order valence-electron chi connectivity index (χ3n) is 3.07. The van der Waals surface area contributed by atoms with E-state index in [1.54, 1.807) is 6.20 Å². The maximum absolute atomic E-state index is 5.92. The van der Waals surface area contributed by atoms with Gasteiger partial charge in [0.2, 0.25) is 0 Å². The van der Waals surface area contributed by atoms with Crippen LogP contribution in [0, 0.1) is 0 Å². The summed E-state index contributed by atoms with van der Waals surface area (Å²) in [5.74, 6) is 0.628. The predicted molar refractivity (Wildman–Crippen MR) is 75.8 cm³/mol. The molecule has 0 atom stereocenters. The number of aryl methyl sites for hydroxylation is 1. The lowest BCUT2D eigenvalue weighted by Crippen LogP contribution is -2.40. The molecule has 2 aromatic heterocycles. The summed E-state index contributed by atoms with van der Waals surface area (Å²) < 4.78 is 2.16. The lowest BCUT2D eigenvalue weighted by Gasteiger charge is -2.27. The van der Waals surface area contributed by atoms with Crippen LogP contribution in [0.15, 0.2) is 18.3 Å². The van der Waals surface area contributed by atoms with Gasteiger partial charge in [-0.15, -0.1) is 24.8 Å². The Bertz CT molecular complexity index is 520. The maximum atomic E-state index is 5.92. The summed E-state index contributed by atoms with van der Waals surface area (Å²) in [5, 5.41) is 5.11. The Morgan fingerprint density at radius 2 is 2.06 bits per heavy atom. The van der Waals surface area contributed by atoms with Gasteiger partial charge in [-0.2, -0.15) is 0 Å². The van der Waals surface area contributed by atoms with E-state index in [9.17, 15) is 0 Å². The highest BCUT2D eigenvalue weighted by Gasteiger charge is 2.22. The van der Waals surface area contributed by atoms with Gasteiger partial charge >= 0.3 is 0 Å². The van der Waals surface area contributed by atoms with Crippen LogP contribution in [-0.4, -0.2) is 22.6 Å². The van der Waals surface area contributed by atoms with E-state index in [1.807, 2.05) is 6.07 Å². The Morgan fingerprint density at radius 3 is 2.65 bits per heavy atom. The molecule has 1 aliphatic heterocycles. The van der Waals surface area contributed by atoms with Gasteiger partial charge in [-0.3, -0.25) is 0 Å². The first-order valence-corrected chi connectivity index (χ1v) is 5.45. The Balaban J connectivity index is 0.000000722. The molecule has 1 N–H and O–H groups in total. The number of hydrogen-bond donors (Lipinski definition) is 1. The van der Waals surface area contributed by atoms with Gasteiger partial charge in [0.1, 0.15) is 5.65 Å². The zero-order valence-electron chi connectivity index (χ0n) is 9.31. The molecule has 1 aliphatic rings. The summed E-state index contributed by atoms with van der Waals surface area (Å²) in [5.41, 5.74) is 2.36. The van der Waals surface area contributed by atoms with Crippen molar-refractivity contribution in [3.05, 3.63) is 29.0 Å². The van der Waals surface area contributed by atoms with Crippen molar-refractivity contribution < 1.29 is 0 Å². The third kappa shape index (κ3) is 2.38. The second-order valence-corrected chi connectivity index (χ2v) is 4.49. The molecule has 0 bridgehead atoms. The topological polar surface area (TPSA) is 29.9 Å². The van der Waals surface area contributed by atoms with Gasteiger partial charge < -0.3 is 9.88 Å². The van der Waals surface area contributed by atoms with E-state index in [-0.39, 0.29) is 24.8 Å². The van der Waals surface area contributed by atoms with E-state index in [1.165, 1.54) is 5.69 Å². The Kier molecular flexibility index (Phi) is 4.67. The van der Waals surface area contributed by atoms with Crippen molar-refractivity contribution in [3.63, 3.8) is 0 Å². The minimum atomic E-state index is 0. The highest BCUT2D eigenvalue weighted by atomic mass is 35.5. The van der Waals surface area contributed by atoms with Crippen molar-refractivity contribution in [1.82, 2.24) is 14.9 Å². The van der Waals surface area contributed by atoms with Crippen molar-refractivity contribution in [2.45, 2.75) is 5.92 Å². The van der Waals surface area contributed by atoms with Crippen LogP contribution >= 0.6 is 36.4 Å². The molecule has 94 valence electrons. The average Bonchev–Trinajstić information content (AvgIpc) is 2.41. The lowest BCUT2D eigenvalue weighted by atomic mass is 9.99. The van der Waals surface area contributed by atoms with Crippen LogP contribution in [0.2, 0.25) is 5.02 Å². The molecule has 0 unspecified atom stereocenters. The molecule has 0 aromatic carbocycles.